The lowest BCUT2D eigenvalue weighted by Crippen LogP contribution is -2.54. The molecule has 4 amide bonds. The van der Waals surface area contributed by atoms with Gasteiger partial charge in [0.05, 0.1) is 16.3 Å². The number of benzodiazepines with no additional fused rings is 1. The molecule has 51 heavy (non-hydrogen) atoms. The molecule has 12 nitrogen and oxygen atoms in total. The first-order valence-corrected chi connectivity index (χ1v) is 18.4. The zero-order chi connectivity index (χ0) is 36.0. The van der Waals surface area contributed by atoms with Crippen LogP contribution in [0.5, 0.6) is 0 Å². The van der Waals surface area contributed by atoms with E-state index in [1.54, 1.807) is 29.2 Å². The van der Waals surface area contributed by atoms with E-state index < -0.39 is 28.1 Å². The van der Waals surface area contributed by atoms with Gasteiger partial charge in [-0.1, -0.05) is 72.8 Å². The second-order valence-corrected chi connectivity index (χ2v) is 14.2. The smallest absolute Gasteiger partial charge is 0.321 e. The lowest BCUT2D eigenvalue weighted by atomic mass is 10.0. The van der Waals surface area contributed by atoms with Crippen LogP contribution in [0.15, 0.2) is 113 Å². The molecule has 4 aromatic carbocycles. The molecule has 13 heteroatoms. The van der Waals surface area contributed by atoms with Gasteiger partial charge in [0.1, 0.15) is 6.54 Å². The largest absolute Gasteiger partial charge is 0.339 e. The Bertz CT molecular complexity index is 2030. The number of aryl methyl sites for hydroxylation is 2. The van der Waals surface area contributed by atoms with Crippen molar-refractivity contribution in [1.29, 1.82) is 0 Å². The van der Waals surface area contributed by atoms with Crippen molar-refractivity contribution in [2.45, 2.75) is 30.8 Å². The molecule has 6 rings (SSSR count). The third-order valence-electron chi connectivity index (χ3n) is 9.01. The highest BCUT2D eigenvalue weighted by Gasteiger charge is 2.35. The molecule has 1 fully saturated rings. The van der Waals surface area contributed by atoms with Gasteiger partial charge < -0.3 is 15.5 Å². The summed E-state index contributed by atoms with van der Waals surface area (Å²) in [6, 6.07) is 30.2. The number of primary sulfonamides is 1. The van der Waals surface area contributed by atoms with Crippen molar-refractivity contribution in [2.24, 2.45) is 10.1 Å². The maximum Gasteiger partial charge on any atom is 0.321 e. The van der Waals surface area contributed by atoms with Crippen LogP contribution in [0.3, 0.4) is 0 Å². The Balaban J connectivity index is 1.13. The predicted octanol–water partition coefficient (Wildman–Crippen LogP) is 3.75. The summed E-state index contributed by atoms with van der Waals surface area (Å²) in [5.41, 5.74) is 5.10. The fourth-order valence-corrected chi connectivity index (χ4v) is 6.85. The van der Waals surface area contributed by atoms with Gasteiger partial charge in [0.15, 0.2) is 0 Å². The average Bonchev–Trinajstić information content (AvgIpc) is 3.23. The number of nitrogens with one attached hydrogen (secondary N) is 2. The minimum Gasteiger partial charge on any atom is -0.339 e. The van der Waals surface area contributed by atoms with Crippen LogP contribution in [0.4, 0.5) is 16.2 Å². The number of carbonyl (C=O) groups is 3. The molecule has 0 radical (unpaired) electrons. The van der Waals surface area contributed by atoms with E-state index in [0.29, 0.717) is 48.8 Å². The number of amides is 4. The van der Waals surface area contributed by atoms with Gasteiger partial charge in [-0.3, -0.25) is 19.4 Å². The lowest BCUT2D eigenvalue weighted by Gasteiger charge is -2.36. The van der Waals surface area contributed by atoms with Gasteiger partial charge in [-0.25, -0.2) is 23.3 Å². The van der Waals surface area contributed by atoms with Gasteiger partial charge in [0, 0.05) is 43.0 Å². The maximum atomic E-state index is 14.3. The van der Waals surface area contributed by atoms with Crippen molar-refractivity contribution in [2.75, 3.05) is 49.5 Å². The first-order valence-electron chi connectivity index (χ1n) is 16.9. The summed E-state index contributed by atoms with van der Waals surface area (Å²) in [5, 5.41) is 10.7. The minimum atomic E-state index is -3.72. The number of anilines is 2. The quantitative estimate of drug-likeness (QED) is 0.228. The zero-order valence-electron chi connectivity index (χ0n) is 28.4. The van der Waals surface area contributed by atoms with Crippen molar-refractivity contribution in [3.8, 4) is 0 Å². The highest BCUT2D eigenvalue weighted by Crippen LogP contribution is 2.28. The van der Waals surface area contributed by atoms with Crippen LogP contribution >= 0.6 is 0 Å². The van der Waals surface area contributed by atoms with Gasteiger partial charge in [0.25, 0.3) is 5.91 Å². The minimum absolute atomic E-state index is 0.0944. The van der Waals surface area contributed by atoms with Crippen molar-refractivity contribution in [3.05, 3.63) is 125 Å². The molecule has 4 aromatic rings. The van der Waals surface area contributed by atoms with Crippen molar-refractivity contribution in [1.82, 2.24) is 15.1 Å². The topological polar surface area (TPSA) is 158 Å². The van der Waals surface area contributed by atoms with Gasteiger partial charge in [-0.15, -0.1) is 0 Å². The maximum absolute atomic E-state index is 14.3. The molecule has 0 aliphatic carbocycles. The van der Waals surface area contributed by atoms with Crippen molar-refractivity contribution in [3.63, 3.8) is 0 Å². The Morgan fingerprint density at radius 3 is 2.29 bits per heavy atom. The number of hydrogen-bond donors (Lipinski definition) is 3. The van der Waals surface area contributed by atoms with E-state index in [4.69, 9.17) is 10.1 Å². The summed E-state index contributed by atoms with van der Waals surface area (Å²) >= 11 is 0. The Hall–Kier alpha value is -5.37. The number of hydrogen-bond acceptors (Lipinski definition) is 7. The number of piperazine rings is 1. The molecule has 2 aliphatic heterocycles. The fourth-order valence-electron chi connectivity index (χ4n) is 6.34. The van der Waals surface area contributed by atoms with Crippen LogP contribution in [0, 0.1) is 6.92 Å². The van der Waals surface area contributed by atoms with Crippen LogP contribution in [0.1, 0.15) is 28.7 Å². The SMILES string of the molecule is Cc1cccc(NC(=O)NC2N=C(c3ccccc3)c3ccccc3N(CC(=O)N3CCN(CCCc4ccc(S(N)(=O)=O)cc4)CC3)C2=O)c1. The number of fused-ring (bicyclic) bond motifs is 1. The summed E-state index contributed by atoms with van der Waals surface area (Å²) < 4.78 is 23.0. The Morgan fingerprint density at radius 1 is 0.882 bits per heavy atom. The van der Waals surface area contributed by atoms with E-state index in [1.165, 1.54) is 17.0 Å². The number of aliphatic imine (C=N–C) groups is 1. The van der Waals surface area contributed by atoms with Crippen molar-refractivity contribution < 1.29 is 22.8 Å². The summed E-state index contributed by atoms with van der Waals surface area (Å²) in [4.78, 5) is 51.7. The Kier molecular flexibility index (Phi) is 10.9. The van der Waals surface area contributed by atoms with Gasteiger partial charge in [-0.2, -0.15) is 0 Å². The van der Waals surface area contributed by atoms with E-state index in [-0.39, 0.29) is 17.3 Å². The van der Waals surface area contributed by atoms with Crippen LogP contribution < -0.4 is 20.7 Å². The molecular weight excluding hydrogens is 667 g/mol. The molecule has 2 aliphatic rings. The van der Waals surface area contributed by atoms with Crippen molar-refractivity contribution >= 4 is 45.0 Å². The predicted molar refractivity (Wildman–Crippen MR) is 197 cm³/mol. The summed E-state index contributed by atoms with van der Waals surface area (Å²) in [7, 11) is -3.72. The number of sulfonamides is 1. The first-order chi connectivity index (χ1) is 24.5. The number of nitrogens with two attached hydrogens (primary N) is 1. The standard InChI is InChI=1S/C38H41N7O5S/c1-27-9-7-13-30(25-27)40-38(48)42-36-37(47)45(33-15-6-5-14-32(33)35(41-36)29-11-3-2-4-12-29)26-34(46)44-23-21-43(22-24-44)20-8-10-28-16-18-31(19-17-28)51(39,49)50/h2-7,9,11-19,25,36H,8,10,20-24,26H2,1H3,(H2,39,49,50)(H2,40,42,48). The third kappa shape index (κ3) is 8.87. The van der Waals surface area contributed by atoms with Crippen LogP contribution in [0.25, 0.3) is 0 Å². The fraction of sp³-hybridized carbons (Fsp3) is 0.263. The number of nitrogens with zero attached hydrogens (tertiary/aromatic N) is 4. The van der Waals surface area contributed by atoms with Gasteiger partial charge in [-0.05, 0) is 67.8 Å². The summed E-state index contributed by atoms with van der Waals surface area (Å²) in [5.74, 6) is -0.712. The van der Waals surface area contributed by atoms with E-state index in [0.717, 1.165) is 36.1 Å². The monoisotopic (exact) mass is 707 g/mol. The van der Waals surface area contributed by atoms with Gasteiger partial charge in [0.2, 0.25) is 22.1 Å². The molecule has 1 saturated heterocycles. The average molecular weight is 708 g/mol. The number of urea groups is 1. The molecule has 2 heterocycles. The summed E-state index contributed by atoms with van der Waals surface area (Å²) in [6.07, 6.45) is 0.362. The highest BCUT2D eigenvalue weighted by atomic mass is 32.2. The molecule has 1 atom stereocenters. The number of para-hydroxylation sites is 1. The van der Waals surface area contributed by atoms with Gasteiger partial charge >= 0.3 is 6.03 Å². The molecular formula is C38H41N7O5S. The van der Waals surface area contributed by atoms with E-state index in [9.17, 15) is 22.8 Å². The molecule has 264 valence electrons. The van der Waals surface area contributed by atoms with Crippen LogP contribution in [-0.2, 0) is 26.0 Å². The zero-order valence-corrected chi connectivity index (χ0v) is 29.2. The normalized spacial score (nSPS) is 16.5. The van der Waals surface area contributed by atoms with E-state index >= 15 is 0 Å². The molecule has 0 bridgehead atoms. The second kappa shape index (κ2) is 15.7. The van der Waals surface area contributed by atoms with E-state index in [2.05, 4.69) is 15.5 Å². The Labute approximate surface area is 298 Å². The molecule has 0 saturated carbocycles. The molecule has 1 unspecified atom stereocenters. The molecule has 0 aromatic heterocycles. The summed E-state index contributed by atoms with van der Waals surface area (Å²) in [6.45, 7) is 4.93. The highest BCUT2D eigenvalue weighted by molar-refractivity contribution is 7.89. The second-order valence-electron chi connectivity index (χ2n) is 12.7. The number of carbonyl (C=O) groups excluding carboxylic acids is 3. The van der Waals surface area contributed by atoms with E-state index in [1.807, 2.05) is 73.7 Å². The molecule has 4 N–H and O–H groups in total. The third-order valence-corrected chi connectivity index (χ3v) is 9.94. The van der Waals surface area contributed by atoms with Crippen LogP contribution in [0.2, 0.25) is 0 Å². The van der Waals surface area contributed by atoms with Crippen LogP contribution in [-0.4, -0.2) is 87.2 Å². The lowest BCUT2D eigenvalue weighted by molar-refractivity contribution is -0.133. The molecule has 0 spiro atoms. The number of rotatable bonds is 10. The number of benzene rings is 4. The Morgan fingerprint density at radius 2 is 1.59 bits per heavy atom. The first kappa shape index (κ1) is 35.5.